The molecule has 2 aromatic rings. The summed E-state index contributed by atoms with van der Waals surface area (Å²) in [5.74, 6) is -0.258. The molecule has 3 amide bonds. The number of hydrogen-bond acceptors (Lipinski definition) is 3. The van der Waals surface area contributed by atoms with Crippen molar-refractivity contribution in [2.45, 2.75) is 55.2 Å². The normalized spacial score (nSPS) is 16.4. The molecule has 0 unspecified atom stereocenters. The third-order valence-electron chi connectivity index (χ3n) is 4.58. The SMILES string of the molecule is C[C@@H](Sc1ccc2ccccc2c1)C(=O)NC(=O)NC1CCCCC1. The topological polar surface area (TPSA) is 58.2 Å². The highest BCUT2D eigenvalue weighted by Crippen LogP contribution is 2.27. The number of fused-ring (bicyclic) bond motifs is 1. The molecule has 1 fully saturated rings. The Morgan fingerprint density at radius 1 is 1.04 bits per heavy atom. The molecule has 0 heterocycles. The molecule has 0 bridgehead atoms. The van der Waals surface area contributed by atoms with Gasteiger partial charge in [0.25, 0.3) is 0 Å². The van der Waals surface area contributed by atoms with E-state index in [4.69, 9.17) is 0 Å². The van der Waals surface area contributed by atoms with Gasteiger partial charge in [0.15, 0.2) is 0 Å². The van der Waals surface area contributed by atoms with Crippen LogP contribution in [0.25, 0.3) is 10.8 Å². The Hall–Kier alpha value is -2.01. The van der Waals surface area contributed by atoms with Gasteiger partial charge in [0, 0.05) is 10.9 Å². The van der Waals surface area contributed by atoms with Crippen LogP contribution in [-0.4, -0.2) is 23.2 Å². The van der Waals surface area contributed by atoms with E-state index < -0.39 is 0 Å². The zero-order valence-electron chi connectivity index (χ0n) is 14.5. The molecule has 25 heavy (non-hydrogen) atoms. The van der Waals surface area contributed by atoms with E-state index in [-0.39, 0.29) is 23.2 Å². The number of nitrogens with one attached hydrogen (secondary N) is 2. The smallest absolute Gasteiger partial charge is 0.321 e. The van der Waals surface area contributed by atoms with Crippen LogP contribution in [0.15, 0.2) is 47.4 Å². The lowest BCUT2D eigenvalue weighted by Crippen LogP contribution is -2.47. The summed E-state index contributed by atoms with van der Waals surface area (Å²) in [6.07, 6.45) is 5.53. The summed E-state index contributed by atoms with van der Waals surface area (Å²) in [5, 5.41) is 7.38. The minimum absolute atomic E-state index is 0.199. The molecular weight excluding hydrogens is 332 g/mol. The lowest BCUT2D eigenvalue weighted by Gasteiger charge is -2.23. The standard InChI is InChI=1S/C20H24N2O2S/c1-14(19(23)22-20(24)21-17-9-3-2-4-10-17)25-18-12-11-15-7-5-6-8-16(15)13-18/h5-8,11-14,17H,2-4,9-10H2,1H3,(H2,21,22,23,24)/t14-/m1/s1. The third kappa shape index (κ3) is 4.98. The van der Waals surface area contributed by atoms with Crippen molar-refractivity contribution in [1.29, 1.82) is 0 Å². The average Bonchev–Trinajstić information content (AvgIpc) is 2.62. The maximum atomic E-state index is 12.3. The maximum Gasteiger partial charge on any atom is 0.321 e. The van der Waals surface area contributed by atoms with Crippen molar-refractivity contribution in [3.8, 4) is 0 Å². The van der Waals surface area contributed by atoms with Crippen LogP contribution in [0.1, 0.15) is 39.0 Å². The number of amides is 3. The molecule has 1 aliphatic rings. The van der Waals surface area contributed by atoms with Crippen LogP contribution in [0.4, 0.5) is 4.79 Å². The summed E-state index contributed by atoms with van der Waals surface area (Å²) >= 11 is 1.46. The fourth-order valence-corrected chi connectivity index (χ4v) is 4.10. The van der Waals surface area contributed by atoms with E-state index in [1.54, 1.807) is 0 Å². The van der Waals surface area contributed by atoms with Gasteiger partial charge in [0.1, 0.15) is 0 Å². The van der Waals surface area contributed by atoms with Gasteiger partial charge in [0.05, 0.1) is 5.25 Å². The summed E-state index contributed by atoms with van der Waals surface area (Å²) in [4.78, 5) is 25.3. The number of benzene rings is 2. The Morgan fingerprint density at radius 3 is 2.52 bits per heavy atom. The Balaban J connectivity index is 1.53. The van der Waals surface area contributed by atoms with Gasteiger partial charge in [0.2, 0.25) is 5.91 Å². The van der Waals surface area contributed by atoms with Crippen LogP contribution in [-0.2, 0) is 4.79 Å². The lowest BCUT2D eigenvalue weighted by molar-refractivity contribution is -0.119. The van der Waals surface area contributed by atoms with Crippen LogP contribution in [0, 0.1) is 0 Å². The van der Waals surface area contributed by atoms with Gasteiger partial charge in [-0.05, 0) is 42.7 Å². The van der Waals surface area contributed by atoms with Crippen LogP contribution in [0.5, 0.6) is 0 Å². The first-order chi connectivity index (χ1) is 12.1. The van der Waals surface area contributed by atoms with Gasteiger partial charge >= 0.3 is 6.03 Å². The summed E-state index contributed by atoms with van der Waals surface area (Å²) in [6.45, 7) is 1.82. The van der Waals surface area contributed by atoms with E-state index in [2.05, 4.69) is 34.9 Å². The molecule has 0 aromatic heterocycles. The van der Waals surface area contributed by atoms with Crippen molar-refractivity contribution in [3.05, 3.63) is 42.5 Å². The fourth-order valence-electron chi connectivity index (χ4n) is 3.18. The number of urea groups is 1. The molecule has 1 aliphatic carbocycles. The Labute approximate surface area is 152 Å². The molecule has 2 N–H and O–H groups in total. The molecule has 3 rings (SSSR count). The van der Waals surface area contributed by atoms with Crippen LogP contribution >= 0.6 is 11.8 Å². The van der Waals surface area contributed by atoms with Crippen molar-refractivity contribution < 1.29 is 9.59 Å². The number of thioether (sulfide) groups is 1. The summed E-state index contributed by atoms with van der Waals surface area (Å²) < 4.78 is 0. The Kier molecular flexibility index (Phi) is 5.97. The second kappa shape index (κ2) is 8.39. The van der Waals surface area contributed by atoms with Gasteiger partial charge < -0.3 is 5.32 Å². The van der Waals surface area contributed by atoms with Crippen molar-refractivity contribution in [3.63, 3.8) is 0 Å². The van der Waals surface area contributed by atoms with Gasteiger partial charge in [-0.3, -0.25) is 10.1 Å². The molecule has 132 valence electrons. The zero-order valence-corrected chi connectivity index (χ0v) is 15.3. The number of carbonyl (C=O) groups excluding carboxylic acids is 2. The van der Waals surface area contributed by atoms with Crippen molar-refractivity contribution in [2.75, 3.05) is 0 Å². The monoisotopic (exact) mass is 356 g/mol. The number of imide groups is 1. The fraction of sp³-hybridized carbons (Fsp3) is 0.400. The van der Waals surface area contributed by atoms with Crippen LogP contribution in [0.3, 0.4) is 0 Å². The second-order valence-electron chi connectivity index (χ2n) is 6.57. The van der Waals surface area contributed by atoms with Gasteiger partial charge in [-0.1, -0.05) is 49.6 Å². The highest BCUT2D eigenvalue weighted by Gasteiger charge is 2.20. The van der Waals surface area contributed by atoms with E-state index in [1.807, 2.05) is 25.1 Å². The van der Waals surface area contributed by atoms with Crippen molar-refractivity contribution >= 4 is 34.5 Å². The summed E-state index contributed by atoms with van der Waals surface area (Å²) in [5.41, 5.74) is 0. The molecule has 1 atom stereocenters. The molecule has 0 saturated heterocycles. The first-order valence-corrected chi connectivity index (χ1v) is 9.76. The molecule has 0 spiro atoms. The third-order valence-corrected chi connectivity index (χ3v) is 5.67. The predicted molar refractivity (Wildman–Crippen MR) is 103 cm³/mol. The van der Waals surface area contributed by atoms with E-state index in [1.165, 1.54) is 23.6 Å². The highest BCUT2D eigenvalue weighted by atomic mass is 32.2. The predicted octanol–water partition coefficient (Wildman–Crippen LogP) is 4.48. The Morgan fingerprint density at radius 2 is 1.76 bits per heavy atom. The summed E-state index contributed by atoms with van der Waals surface area (Å²) in [6, 6.07) is 14.1. The lowest BCUT2D eigenvalue weighted by atomic mass is 9.96. The molecule has 0 aliphatic heterocycles. The largest absolute Gasteiger partial charge is 0.335 e. The minimum atomic E-state index is -0.372. The molecule has 2 aromatic carbocycles. The van der Waals surface area contributed by atoms with Crippen molar-refractivity contribution in [1.82, 2.24) is 10.6 Å². The quantitative estimate of drug-likeness (QED) is 0.794. The first kappa shape index (κ1) is 17.8. The number of rotatable bonds is 4. The summed E-state index contributed by atoms with van der Waals surface area (Å²) in [7, 11) is 0. The number of hydrogen-bond donors (Lipinski definition) is 2. The van der Waals surface area contributed by atoms with E-state index in [9.17, 15) is 9.59 Å². The Bertz CT molecular complexity index is 756. The molecule has 4 nitrogen and oxygen atoms in total. The van der Waals surface area contributed by atoms with E-state index >= 15 is 0 Å². The molecule has 1 saturated carbocycles. The second-order valence-corrected chi connectivity index (χ2v) is 7.98. The van der Waals surface area contributed by atoms with Gasteiger partial charge in [-0.15, -0.1) is 11.8 Å². The highest BCUT2D eigenvalue weighted by molar-refractivity contribution is 8.00. The molecular formula is C20H24N2O2S. The minimum Gasteiger partial charge on any atom is -0.335 e. The van der Waals surface area contributed by atoms with Crippen LogP contribution < -0.4 is 10.6 Å². The van der Waals surface area contributed by atoms with E-state index in [0.29, 0.717) is 0 Å². The number of carbonyl (C=O) groups is 2. The first-order valence-electron chi connectivity index (χ1n) is 8.88. The zero-order chi connectivity index (χ0) is 17.6. The van der Waals surface area contributed by atoms with Crippen molar-refractivity contribution in [2.24, 2.45) is 0 Å². The molecule has 5 heteroatoms. The average molecular weight is 356 g/mol. The van der Waals surface area contributed by atoms with Crippen LogP contribution in [0.2, 0.25) is 0 Å². The maximum absolute atomic E-state index is 12.3. The van der Waals surface area contributed by atoms with Gasteiger partial charge in [-0.2, -0.15) is 0 Å². The van der Waals surface area contributed by atoms with E-state index in [0.717, 1.165) is 36.0 Å². The molecule has 0 radical (unpaired) electrons. The van der Waals surface area contributed by atoms with Gasteiger partial charge in [-0.25, -0.2) is 4.79 Å².